The minimum absolute atomic E-state index is 0.0166. The Kier molecular flexibility index (Phi) is 5.03. The highest BCUT2D eigenvalue weighted by atomic mass is 79.9. The van der Waals surface area contributed by atoms with E-state index in [-0.39, 0.29) is 27.5 Å². The van der Waals surface area contributed by atoms with Crippen molar-refractivity contribution in [3.63, 3.8) is 0 Å². The fraction of sp³-hybridized carbons (Fsp3) is 0.0769. The Morgan fingerprint density at radius 1 is 1.33 bits per heavy atom. The number of nitro benzene ring substituents is 1. The predicted molar refractivity (Wildman–Crippen MR) is 81.8 cm³/mol. The molecule has 0 saturated heterocycles. The largest absolute Gasteiger partial charge is 0.450 e. The highest BCUT2D eigenvalue weighted by molar-refractivity contribution is 9.10. The van der Waals surface area contributed by atoms with Crippen LogP contribution in [0.25, 0.3) is 0 Å². The molecule has 21 heavy (non-hydrogen) atoms. The van der Waals surface area contributed by atoms with Crippen molar-refractivity contribution in [2.45, 2.75) is 5.88 Å². The summed E-state index contributed by atoms with van der Waals surface area (Å²) in [6, 6.07) is 6.62. The average molecular weight is 395 g/mol. The topological polar surface area (TPSA) is 52.4 Å². The lowest BCUT2D eigenvalue weighted by molar-refractivity contribution is -0.385. The van der Waals surface area contributed by atoms with E-state index in [1.807, 2.05) is 0 Å². The first-order valence-electron chi connectivity index (χ1n) is 5.58. The summed E-state index contributed by atoms with van der Waals surface area (Å²) < 4.78 is 18.9. The Morgan fingerprint density at radius 3 is 2.62 bits per heavy atom. The van der Waals surface area contributed by atoms with Crippen LogP contribution in [0.3, 0.4) is 0 Å². The van der Waals surface area contributed by atoms with Crippen LogP contribution in [0.15, 0.2) is 34.8 Å². The Morgan fingerprint density at radius 2 is 2.05 bits per heavy atom. The molecule has 0 saturated carbocycles. The Hall–Kier alpha value is -1.37. The first kappa shape index (κ1) is 16.0. The zero-order chi connectivity index (χ0) is 15.6. The van der Waals surface area contributed by atoms with Crippen molar-refractivity contribution in [1.82, 2.24) is 0 Å². The maximum Gasteiger partial charge on any atom is 0.312 e. The molecule has 0 amide bonds. The third kappa shape index (κ3) is 3.64. The van der Waals surface area contributed by atoms with E-state index >= 15 is 0 Å². The van der Waals surface area contributed by atoms with Crippen molar-refractivity contribution in [3.05, 3.63) is 61.3 Å². The maximum atomic E-state index is 13.5. The van der Waals surface area contributed by atoms with Crippen LogP contribution in [0.2, 0.25) is 5.02 Å². The van der Waals surface area contributed by atoms with Crippen LogP contribution in [0.4, 0.5) is 10.1 Å². The molecule has 8 heteroatoms. The van der Waals surface area contributed by atoms with Crippen molar-refractivity contribution in [3.8, 4) is 11.5 Å². The number of hydrogen-bond acceptors (Lipinski definition) is 3. The van der Waals surface area contributed by atoms with Gasteiger partial charge in [0.25, 0.3) is 0 Å². The van der Waals surface area contributed by atoms with Gasteiger partial charge in [-0.25, -0.2) is 4.39 Å². The second-order valence-corrected chi connectivity index (χ2v) is 5.51. The third-order valence-corrected chi connectivity index (χ3v) is 3.84. The summed E-state index contributed by atoms with van der Waals surface area (Å²) in [5, 5.41) is 11.3. The van der Waals surface area contributed by atoms with Crippen LogP contribution >= 0.6 is 39.1 Å². The molecule has 0 spiro atoms. The van der Waals surface area contributed by atoms with Gasteiger partial charge in [-0.2, -0.15) is 0 Å². The molecular formula is C13H7BrCl2FNO3. The van der Waals surface area contributed by atoms with E-state index < -0.39 is 10.7 Å². The number of ether oxygens (including phenoxy) is 1. The van der Waals surface area contributed by atoms with Gasteiger partial charge < -0.3 is 4.74 Å². The zero-order valence-corrected chi connectivity index (χ0v) is 13.4. The molecular weight excluding hydrogens is 388 g/mol. The van der Waals surface area contributed by atoms with Gasteiger partial charge >= 0.3 is 5.69 Å². The minimum atomic E-state index is -0.668. The molecule has 110 valence electrons. The number of hydrogen-bond donors (Lipinski definition) is 0. The summed E-state index contributed by atoms with van der Waals surface area (Å²) >= 11 is 14.5. The van der Waals surface area contributed by atoms with Crippen LogP contribution in [-0.2, 0) is 5.88 Å². The van der Waals surface area contributed by atoms with Crippen molar-refractivity contribution in [2.24, 2.45) is 0 Å². The molecule has 0 unspecified atom stereocenters. The number of halogens is 4. The van der Waals surface area contributed by atoms with E-state index in [1.54, 1.807) is 12.1 Å². The fourth-order valence-electron chi connectivity index (χ4n) is 1.57. The van der Waals surface area contributed by atoms with Gasteiger partial charge in [-0.3, -0.25) is 10.1 Å². The maximum absolute atomic E-state index is 13.5. The van der Waals surface area contributed by atoms with Gasteiger partial charge in [0.15, 0.2) is 0 Å². The van der Waals surface area contributed by atoms with E-state index in [4.69, 9.17) is 27.9 Å². The van der Waals surface area contributed by atoms with Crippen molar-refractivity contribution in [2.75, 3.05) is 0 Å². The highest BCUT2D eigenvalue weighted by Crippen LogP contribution is 2.36. The summed E-state index contributed by atoms with van der Waals surface area (Å²) in [7, 11) is 0. The zero-order valence-electron chi connectivity index (χ0n) is 10.3. The van der Waals surface area contributed by atoms with Crippen LogP contribution in [0.5, 0.6) is 11.5 Å². The lowest BCUT2D eigenvalue weighted by Crippen LogP contribution is -1.95. The lowest BCUT2D eigenvalue weighted by Gasteiger charge is -2.09. The molecule has 0 bridgehead atoms. The van der Waals surface area contributed by atoms with Gasteiger partial charge in [0.1, 0.15) is 11.6 Å². The standard InChI is InChI=1S/C13H7BrCl2FNO3/c14-9-4-12(18(19)20)13(5-11(9)17)21-8-2-1-7(6-15)10(16)3-8/h1-5H,6H2. The second kappa shape index (κ2) is 6.60. The summed E-state index contributed by atoms with van der Waals surface area (Å²) in [4.78, 5) is 10.3. The molecule has 0 heterocycles. The molecule has 0 aliphatic carbocycles. The first-order valence-corrected chi connectivity index (χ1v) is 7.28. The lowest BCUT2D eigenvalue weighted by atomic mass is 10.2. The number of benzene rings is 2. The summed E-state index contributed by atoms with van der Waals surface area (Å²) in [6.07, 6.45) is 0. The quantitative estimate of drug-likeness (QED) is 0.380. The molecule has 0 N–H and O–H groups in total. The number of alkyl halides is 1. The van der Waals surface area contributed by atoms with Crippen molar-refractivity contribution >= 4 is 44.8 Å². The van der Waals surface area contributed by atoms with Crippen molar-refractivity contribution < 1.29 is 14.1 Å². The normalized spacial score (nSPS) is 10.5. The van der Waals surface area contributed by atoms with Crippen LogP contribution in [0.1, 0.15) is 5.56 Å². The molecule has 2 aromatic carbocycles. The molecule has 0 fully saturated rings. The van der Waals surface area contributed by atoms with Crippen LogP contribution < -0.4 is 4.74 Å². The Bertz CT molecular complexity index is 712. The SMILES string of the molecule is O=[N+]([O-])c1cc(Br)c(F)cc1Oc1ccc(CCl)c(Cl)c1. The van der Waals surface area contributed by atoms with E-state index in [9.17, 15) is 14.5 Å². The molecule has 0 atom stereocenters. The fourth-order valence-corrected chi connectivity index (χ4v) is 2.44. The monoisotopic (exact) mass is 393 g/mol. The molecule has 0 radical (unpaired) electrons. The van der Waals surface area contributed by atoms with E-state index in [1.165, 1.54) is 6.07 Å². The number of nitrogens with zero attached hydrogens (tertiary/aromatic N) is 1. The van der Waals surface area contributed by atoms with E-state index in [0.29, 0.717) is 10.6 Å². The average Bonchev–Trinajstić information content (AvgIpc) is 2.42. The van der Waals surface area contributed by atoms with Crippen molar-refractivity contribution in [1.29, 1.82) is 0 Å². The Labute approximate surface area is 137 Å². The molecule has 0 aromatic heterocycles. The van der Waals surface area contributed by atoms with E-state index in [2.05, 4.69) is 15.9 Å². The molecule has 0 aliphatic rings. The molecule has 0 aliphatic heterocycles. The Balaban J connectivity index is 2.41. The third-order valence-electron chi connectivity index (χ3n) is 2.59. The van der Waals surface area contributed by atoms with Gasteiger partial charge in [-0.1, -0.05) is 17.7 Å². The van der Waals surface area contributed by atoms with Gasteiger partial charge in [-0.05, 0) is 33.6 Å². The molecule has 2 aromatic rings. The minimum Gasteiger partial charge on any atom is -0.450 e. The number of rotatable bonds is 4. The molecule has 4 nitrogen and oxygen atoms in total. The van der Waals surface area contributed by atoms with Gasteiger partial charge in [0, 0.05) is 23.0 Å². The first-order chi connectivity index (χ1) is 9.92. The van der Waals surface area contributed by atoms with Gasteiger partial charge in [0.2, 0.25) is 5.75 Å². The van der Waals surface area contributed by atoms with E-state index in [0.717, 1.165) is 12.1 Å². The summed E-state index contributed by atoms with van der Waals surface area (Å²) in [5.41, 5.74) is 0.336. The van der Waals surface area contributed by atoms with Crippen LogP contribution in [-0.4, -0.2) is 4.92 Å². The second-order valence-electron chi connectivity index (χ2n) is 3.98. The van der Waals surface area contributed by atoms with Crippen LogP contribution in [0, 0.1) is 15.9 Å². The predicted octanol–water partition coefficient (Wildman–Crippen LogP) is 5.68. The summed E-state index contributed by atoms with van der Waals surface area (Å²) in [6.45, 7) is 0. The summed E-state index contributed by atoms with van der Waals surface area (Å²) in [5.74, 6) is -0.403. The molecule has 2 rings (SSSR count). The van der Waals surface area contributed by atoms with Gasteiger partial charge in [0.05, 0.1) is 9.40 Å². The van der Waals surface area contributed by atoms with Gasteiger partial charge in [-0.15, -0.1) is 11.6 Å². The number of nitro groups is 1. The highest BCUT2D eigenvalue weighted by Gasteiger charge is 2.20. The smallest absolute Gasteiger partial charge is 0.312 e.